The number of nitrogens with one attached hydrogen (secondary N) is 1. The maximum Gasteiger partial charge on any atom is 0.240 e. The molecule has 0 saturated heterocycles. The maximum atomic E-state index is 12.1. The molecule has 1 rings (SSSR count). The van der Waals surface area contributed by atoms with Crippen molar-refractivity contribution < 1.29 is 13.5 Å². The smallest absolute Gasteiger partial charge is 0.240 e. The molecule has 2 N–H and O–H groups in total. The molecule has 110 valence electrons. The molecule has 0 atom stereocenters. The number of benzene rings is 1. The Balaban J connectivity index is 2.77. The minimum atomic E-state index is -3.46. The predicted molar refractivity (Wildman–Crippen MR) is 79.7 cm³/mol. The van der Waals surface area contributed by atoms with Crippen molar-refractivity contribution in [3.05, 3.63) is 29.8 Å². The van der Waals surface area contributed by atoms with Crippen molar-refractivity contribution in [1.82, 2.24) is 4.72 Å². The van der Waals surface area contributed by atoms with Crippen LogP contribution >= 0.6 is 0 Å². The van der Waals surface area contributed by atoms with Crippen molar-refractivity contribution in [2.45, 2.75) is 31.6 Å². The molecule has 1 aromatic carbocycles. The zero-order chi connectivity index (χ0) is 15.0. The molecule has 0 aliphatic heterocycles. The highest BCUT2D eigenvalue weighted by Gasteiger charge is 2.15. The minimum Gasteiger partial charge on any atom is -0.384 e. The lowest BCUT2D eigenvalue weighted by molar-refractivity contribution is 0.350. The van der Waals surface area contributed by atoms with E-state index in [1.807, 2.05) is 0 Å². The first kappa shape index (κ1) is 16.7. The fraction of sp³-hybridized carbons (Fsp3) is 0.467. The highest BCUT2D eigenvalue weighted by molar-refractivity contribution is 7.89. The fourth-order valence-electron chi connectivity index (χ4n) is 1.75. The van der Waals surface area contributed by atoms with E-state index in [9.17, 15) is 8.42 Å². The Labute approximate surface area is 121 Å². The largest absolute Gasteiger partial charge is 0.384 e. The van der Waals surface area contributed by atoms with Crippen molar-refractivity contribution in [2.75, 3.05) is 13.2 Å². The van der Waals surface area contributed by atoms with E-state index in [4.69, 9.17) is 5.11 Å². The van der Waals surface area contributed by atoms with E-state index in [1.165, 1.54) is 12.1 Å². The van der Waals surface area contributed by atoms with Crippen LogP contribution in [0.4, 0.5) is 0 Å². The Kier molecular flexibility index (Phi) is 6.73. The lowest BCUT2D eigenvalue weighted by Gasteiger charge is -2.13. The minimum absolute atomic E-state index is 0.211. The SMILES string of the molecule is CCC(CC)CNS(=O)(=O)c1ccc(C#CCO)cc1. The first-order chi connectivity index (χ1) is 9.53. The van der Waals surface area contributed by atoms with Gasteiger partial charge < -0.3 is 5.11 Å². The number of hydrogen-bond acceptors (Lipinski definition) is 3. The lowest BCUT2D eigenvalue weighted by Crippen LogP contribution is -2.29. The van der Waals surface area contributed by atoms with E-state index >= 15 is 0 Å². The third kappa shape index (κ3) is 4.97. The summed E-state index contributed by atoms with van der Waals surface area (Å²) < 4.78 is 26.8. The van der Waals surface area contributed by atoms with Crippen LogP contribution in [0.1, 0.15) is 32.3 Å². The molecule has 0 heterocycles. The molecule has 20 heavy (non-hydrogen) atoms. The van der Waals surface area contributed by atoms with Crippen molar-refractivity contribution in [1.29, 1.82) is 0 Å². The van der Waals surface area contributed by atoms with Gasteiger partial charge in [-0.1, -0.05) is 38.5 Å². The standard InChI is InChI=1S/C15H21NO3S/c1-3-13(4-2)12-16-20(18,19)15-9-7-14(8-10-15)6-5-11-17/h7-10,13,16-17H,3-4,11-12H2,1-2H3. The van der Waals surface area contributed by atoms with Gasteiger partial charge in [0.05, 0.1) is 4.90 Å². The van der Waals surface area contributed by atoms with Crippen molar-refractivity contribution in [3.63, 3.8) is 0 Å². The Hall–Kier alpha value is -1.35. The third-order valence-corrected chi connectivity index (χ3v) is 4.63. The highest BCUT2D eigenvalue weighted by atomic mass is 32.2. The molecule has 0 saturated carbocycles. The molecule has 0 radical (unpaired) electrons. The van der Waals surface area contributed by atoms with Crippen molar-refractivity contribution >= 4 is 10.0 Å². The summed E-state index contributed by atoms with van der Waals surface area (Å²) in [6.45, 7) is 4.35. The molecular weight excluding hydrogens is 274 g/mol. The lowest BCUT2D eigenvalue weighted by atomic mass is 10.0. The second kappa shape index (κ2) is 8.05. The molecule has 1 aromatic rings. The van der Waals surface area contributed by atoms with Gasteiger partial charge in [-0.3, -0.25) is 0 Å². The van der Waals surface area contributed by atoms with Crippen LogP contribution in [0, 0.1) is 17.8 Å². The van der Waals surface area contributed by atoms with Crippen LogP contribution in [-0.2, 0) is 10.0 Å². The third-order valence-electron chi connectivity index (χ3n) is 3.19. The van der Waals surface area contributed by atoms with Crippen LogP contribution in [0.5, 0.6) is 0 Å². The van der Waals surface area contributed by atoms with Gasteiger partial charge in [0, 0.05) is 12.1 Å². The van der Waals surface area contributed by atoms with Crippen molar-refractivity contribution in [3.8, 4) is 11.8 Å². The Morgan fingerprint density at radius 1 is 1.20 bits per heavy atom. The van der Waals surface area contributed by atoms with Gasteiger partial charge in [-0.15, -0.1) is 0 Å². The van der Waals surface area contributed by atoms with Crippen LogP contribution in [0.15, 0.2) is 29.2 Å². The molecule has 0 aliphatic carbocycles. The average molecular weight is 295 g/mol. The van der Waals surface area contributed by atoms with E-state index < -0.39 is 10.0 Å². The van der Waals surface area contributed by atoms with Gasteiger partial charge in [0.15, 0.2) is 0 Å². The maximum absolute atomic E-state index is 12.1. The van der Waals surface area contributed by atoms with Gasteiger partial charge in [0.1, 0.15) is 6.61 Å². The quantitative estimate of drug-likeness (QED) is 0.786. The molecule has 0 unspecified atom stereocenters. The monoisotopic (exact) mass is 295 g/mol. The van der Waals surface area contributed by atoms with Crippen LogP contribution in [0.3, 0.4) is 0 Å². The van der Waals surface area contributed by atoms with Crippen LogP contribution in [0.2, 0.25) is 0 Å². The van der Waals surface area contributed by atoms with Crippen LogP contribution in [0.25, 0.3) is 0 Å². The van der Waals surface area contributed by atoms with Gasteiger partial charge in [0.2, 0.25) is 10.0 Å². The second-order valence-electron chi connectivity index (χ2n) is 4.52. The molecule has 0 fully saturated rings. The number of aliphatic hydroxyl groups is 1. The predicted octanol–water partition coefficient (Wildman–Crippen LogP) is 1.74. The second-order valence-corrected chi connectivity index (χ2v) is 6.29. The molecule has 0 bridgehead atoms. The van der Waals surface area contributed by atoms with Crippen molar-refractivity contribution in [2.24, 2.45) is 5.92 Å². The van der Waals surface area contributed by atoms with E-state index in [0.29, 0.717) is 18.0 Å². The first-order valence-electron chi connectivity index (χ1n) is 6.73. The summed E-state index contributed by atoms with van der Waals surface area (Å²) in [6, 6.07) is 6.32. The number of sulfonamides is 1. The molecule has 0 spiro atoms. The van der Waals surface area contributed by atoms with Gasteiger partial charge in [-0.05, 0) is 30.2 Å². The zero-order valence-electron chi connectivity index (χ0n) is 11.9. The molecule has 0 aliphatic rings. The van der Waals surface area contributed by atoms with E-state index in [-0.39, 0.29) is 11.5 Å². The highest BCUT2D eigenvalue weighted by Crippen LogP contribution is 2.12. The molecule has 0 amide bonds. The molecular formula is C15H21NO3S. The summed E-state index contributed by atoms with van der Waals surface area (Å²) in [5, 5.41) is 8.60. The van der Waals surface area contributed by atoms with Crippen LogP contribution in [-0.4, -0.2) is 26.7 Å². The van der Waals surface area contributed by atoms with Gasteiger partial charge in [-0.25, -0.2) is 13.1 Å². The van der Waals surface area contributed by atoms with Crippen LogP contribution < -0.4 is 4.72 Å². The number of rotatable bonds is 6. The van der Waals surface area contributed by atoms with E-state index in [0.717, 1.165) is 12.8 Å². The van der Waals surface area contributed by atoms with E-state index in [1.54, 1.807) is 12.1 Å². The topological polar surface area (TPSA) is 66.4 Å². The Bertz CT molecular complexity index is 563. The normalized spacial score (nSPS) is 11.2. The molecule has 0 aromatic heterocycles. The summed E-state index contributed by atoms with van der Waals surface area (Å²) in [6.07, 6.45) is 1.91. The number of hydrogen-bond donors (Lipinski definition) is 2. The summed E-state index contributed by atoms with van der Waals surface area (Å²) in [5.41, 5.74) is 0.679. The fourth-order valence-corrected chi connectivity index (χ4v) is 2.86. The number of aliphatic hydroxyl groups excluding tert-OH is 1. The first-order valence-corrected chi connectivity index (χ1v) is 8.21. The molecule has 5 heteroatoms. The van der Waals surface area contributed by atoms with Gasteiger partial charge in [0.25, 0.3) is 0 Å². The summed E-state index contributed by atoms with van der Waals surface area (Å²) in [7, 11) is -3.46. The van der Waals surface area contributed by atoms with Gasteiger partial charge in [-0.2, -0.15) is 0 Å². The van der Waals surface area contributed by atoms with E-state index in [2.05, 4.69) is 30.4 Å². The Morgan fingerprint density at radius 3 is 2.30 bits per heavy atom. The summed E-state index contributed by atoms with van der Waals surface area (Å²) in [4.78, 5) is 0.234. The Morgan fingerprint density at radius 2 is 1.80 bits per heavy atom. The summed E-state index contributed by atoms with van der Waals surface area (Å²) in [5.74, 6) is 5.61. The van der Waals surface area contributed by atoms with Gasteiger partial charge >= 0.3 is 0 Å². The molecule has 4 nitrogen and oxygen atoms in total. The average Bonchev–Trinajstić information content (AvgIpc) is 2.46. The summed E-state index contributed by atoms with van der Waals surface area (Å²) >= 11 is 0. The zero-order valence-corrected chi connectivity index (χ0v) is 12.7.